The maximum atomic E-state index is 11.2. The van der Waals surface area contributed by atoms with E-state index in [4.69, 9.17) is 0 Å². The van der Waals surface area contributed by atoms with Gasteiger partial charge in [0.1, 0.15) is 0 Å². The second-order valence-corrected chi connectivity index (χ2v) is 4.25. The number of fused-ring (bicyclic) bond motifs is 1. The van der Waals surface area contributed by atoms with Crippen molar-refractivity contribution in [3.63, 3.8) is 0 Å². The molecule has 1 aromatic carbocycles. The van der Waals surface area contributed by atoms with Crippen molar-refractivity contribution >= 4 is 18.4 Å². The van der Waals surface area contributed by atoms with Crippen molar-refractivity contribution in [3.8, 4) is 5.69 Å². The van der Waals surface area contributed by atoms with Gasteiger partial charge in [0, 0.05) is 25.1 Å². The summed E-state index contributed by atoms with van der Waals surface area (Å²) in [6, 6.07) is 9.64. The summed E-state index contributed by atoms with van der Waals surface area (Å²) < 4.78 is 1.75. The summed E-state index contributed by atoms with van der Waals surface area (Å²) >= 11 is 0. The topological polar surface area (TPSA) is 67.1 Å². The lowest BCUT2D eigenvalue weighted by Crippen LogP contribution is -2.25. The van der Waals surface area contributed by atoms with E-state index in [9.17, 15) is 9.90 Å². The fraction of sp³-hybridized carbons (Fsp3) is 0.231. The minimum absolute atomic E-state index is 0. The van der Waals surface area contributed by atoms with E-state index in [1.807, 2.05) is 30.3 Å². The first kappa shape index (κ1) is 13.6. The Kier molecular flexibility index (Phi) is 3.87. The minimum atomic E-state index is -0.968. The van der Waals surface area contributed by atoms with E-state index in [0.29, 0.717) is 6.54 Å². The Morgan fingerprint density at radius 2 is 2.05 bits per heavy atom. The summed E-state index contributed by atoms with van der Waals surface area (Å²) in [5.74, 6) is -0.968. The van der Waals surface area contributed by atoms with Gasteiger partial charge >= 0.3 is 5.97 Å². The van der Waals surface area contributed by atoms with Crippen LogP contribution in [0.3, 0.4) is 0 Å². The van der Waals surface area contributed by atoms with E-state index in [1.165, 1.54) is 0 Å². The number of hydrogen-bond acceptors (Lipinski definition) is 3. The first-order valence-electron chi connectivity index (χ1n) is 5.87. The molecule has 1 aliphatic rings. The molecule has 5 nitrogen and oxygen atoms in total. The molecule has 6 heteroatoms. The van der Waals surface area contributed by atoms with Gasteiger partial charge in [0.2, 0.25) is 0 Å². The van der Waals surface area contributed by atoms with Gasteiger partial charge < -0.3 is 10.4 Å². The van der Waals surface area contributed by atoms with Gasteiger partial charge in [0.05, 0.1) is 11.4 Å². The van der Waals surface area contributed by atoms with Gasteiger partial charge in [-0.2, -0.15) is 5.10 Å². The van der Waals surface area contributed by atoms with Gasteiger partial charge in [0.15, 0.2) is 5.69 Å². The molecule has 0 spiro atoms. The Balaban J connectivity index is 0.00000133. The molecule has 1 aliphatic heterocycles. The van der Waals surface area contributed by atoms with Crippen LogP contribution in [0.5, 0.6) is 0 Å². The maximum Gasteiger partial charge on any atom is 0.356 e. The summed E-state index contributed by atoms with van der Waals surface area (Å²) in [4.78, 5) is 11.2. The predicted molar refractivity (Wildman–Crippen MR) is 73.2 cm³/mol. The zero-order valence-electron chi connectivity index (χ0n) is 10.2. The highest BCUT2D eigenvalue weighted by atomic mass is 35.5. The van der Waals surface area contributed by atoms with Crippen molar-refractivity contribution in [3.05, 3.63) is 47.3 Å². The lowest BCUT2D eigenvalue weighted by Gasteiger charge is -2.15. The van der Waals surface area contributed by atoms with Crippen LogP contribution >= 0.6 is 12.4 Å². The second kappa shape index (κ2) is 5.42. The van der Waals surface area contributed by atoms with Crippen molar-refractivity contribution < 1.29 is 9.90 Å². The molecule has 0 saturated carbocycles. The monoisotopic (exact) mass is 279 g/mol. The molecule has 2 N–H and O–H groups in total. The standard InChI is InChI=1S/C13H13N3O2.ClH/c17-13(18)12-10-8-14-7-6-11(10)16(15-12)9-4-2-1-3-5-9;/h1-5,14H,6-8H2,(H,17,18);1H. The van der Waals surface area contributed by atoms with Crippen molar-refractivity contribution in [2.75, 3.05) is 6.54 Å². The number of nitrogens with one attached hydrogen (secondary N) is 1. The molecule has 0 unspecified atom stereocenters. The van der Waals surface area contributed by atoms with Gasteiger partial charge in [-0.05, 0) is 12.1 Å². The van der Waals surface area contributed by atoms with Crippen LogP contribution in [0.25, 0.3) is 5.69 Å². The largest absolute Gasteiger partial charge is 0.476 e. The first-order valence-corrected chi connectivity index (χ1v) is 5.87. The number of carboxylic acid groups (broad SMARTS) is 1. The average Bonchev–Trinajstić information content (AvgIpc) is 2.79. The van der Waals surface area contributed by atoms with Crippen LogP contribution < -0.4 is 5.32 Å². The van der Waals surface area contributed by atoms with Crippen LogP contribution in [0.1, 0.15) is 21.7 Å². The van der Waals surface area contributed by atoms with E-state index in [0.717, 1.165) is 29.9 Å². The molecule has 2 aromatic rings. The number of rotatable bonds is 2. The summed E-state index contributed by atoms with van der Waals surface area (Å²) in [7, 11) is 0. The minimum Gasteiger partial charge on any atom is -0.476 e. The molecule has 2 heterocycles. The molecule has 3 rings (SSSR count). The maximum absolute atomic E-state index is 11.2. The third kappa shape index (κ3) is 2.34. The van der Waals surface area contributed by atoms with Gasteiger partial charge in [-0.25, -0.2) is 9.48 Å². The summed E-state index contributed by atoms with van der Waals surface area (Å²) in [6.07, 6.45) is 0.796. The van der Waals surface area contributed by atoms with Crippen LogP contribution in [-0.4, -0.2) is 27.4 Å². The number of carbonyl (C=O) groups is 1. The molecule has 100 valence electrons. The van der Waals surface area contributed by atoms with Crippen molar-refractivity contribution in [1.29, 1.82) is 0 Å². The van der Waals surface area contributed by atoms with Crippen molar-refractivity contribution in [2.45, 2.75) is 13.0 Å². The molecule has 1 aromatic heterocycles. The lowest BCUT2D eigenvalue weighted by atomic mass is 10.1. The zero-order chi connectivity index (χ0) is 12.5. The third-order valence-corrected chi connectivity index (χ3v) is 3.13. The Hall–Kier alpha value is -1.85. The van der Waals surface area contributed by atoms with Gasteiger partial charge in [0.25, 0.3) is 0 Å². The summed E-state index contributed by atoms with van der Waals surface area (Å²) in [5.41, 5.74) is 2.86. The smallest absolute Gasteiger partial charge is 0.356 e. The molecule has 0 amide bonds. The molecule has 0 aliphatic carbocycles. The van der Waals surface area contributed by atoms with Gasteiger partial charge in [-0.15, -0.1) is 12.4 Å². The molecule has 0 saturated heterocycles. The summed E-state index contributed by atoms with van der Waals surface area (Å²) in [5, 5.41) is 16.6. The van der Waals surface area contributed by atoms with Crippen LogP contribution in [0.2, 0.25) is 0 Å². The van der Waals surface area contributed by atoms with E-state index in [-0.39, 0.29) is 18.1 Å². The van der Waals surface area contributed by atoms with Crippen LogP contribution in [-0.2, 0) is 13.0 Å². The SMILES string of the molecule is Cl.O=C(O)c1nn(-c2ccccc2)c2c1CNCC2. The number of nitrogens with zero attached hydrogens (tertiary/aromatic N) is 2. The molecule has 0 fully saturated rings. The fourth-order valence-electron chi connectivity index (χ4n) is 2.30. The Morgan fingerprint density at radius 3 is 2.74 bits per heavy atom. The van der Waals surface area contributed by atoms with E-state index in [2.05, 4.69) is 10.4 Å². The number of carboxylic acids is 1. The highest BCUT2D eigenvalue weighted by Crippen LogP contribution is 2.21. The number of benzene rings is 1. The second-order valence-electron chi connectivity index (χ2n) is 4.25. The molecule has 0 radical (unpaired) electrons. The third-order valence-electron chi connectivity index (χ3n) is 3.13. The molecular formula is C13H14ClN3O2. The quantitative estimate of drug-likeness (QED) is 0.877. The number of para-hydroxylation sites is 1. The van der Waals surface area contributed by atoms with E-state index >= 15 is 0 Å². The lowest BCUT2D eigenvalue weighted by molar-refractivity contribution is 0.0688. The first-order chi connectivity index (χ1) is 8.77. The number of aromatic nitrogens is 2. The molecular weight excluding hydrogens is 266 g/mol. The van der Waals surface area contributed by atoms with E-state index in [1.54, 1.807) is 4.68 Å². The van der Waals surface area contributed by atoms with E-state index < -0.39 is 5.97 Å². The van der Waals surface area contributed by atoms with Crippen molar-refractivity contribution in [2.24, 2.45) is 0 Å². The van der Waals surface area contributed by atoms with Crippen LogP contribution in [0.15, 0.2) is 30.3 Å². The van der Waals surface area contributed by atoms with Crippen molar-refractivity contribution in [1.82, 2.24) is 15.1 Å². The number of aromatic carboxylic acids is 1. The Morgan fingerprint density at radius 1 is 1.32 bits per heavy atom. The Labute approximate surface area is 116 Å². The highest BCUT2D eigenvalue weighted by Gasteiger charge is 2.24. The fourth-order valence-corrected chi connectivity index (χ4v) is 2.30. The zero-order valence-corrected chi connectivity index (χ0v) is 11.0. The molecule has 0 atom stereocenters. The van der Waals surface area contributed by atoms with Gasteiger partial charge in [-0.3, -0.25) is 0 Å². The van der Waals surface area contributed by atoms with Gasteiger partial charge in [-0.1, -0.05) is 18.2 Å². The summed E-state index contributed by atoms with van der Waals surface area (Å²) in [6.45, 7) is 1.42. The number of halogens is 1. The predicted octanol–water partition coefficient (Wildman–Crippen LogP) is 1.64. The van der Waals surface area contributed by atoms with Crippen LogP contribution in [0.4, 0.5) is 0 Å². The Bertz CT molecular complexity index is 595. The molecule has 19 heavy (non-hydrogen) atoms. The molecule has 0 bridgehead atoms. The number of hydrogen-bond donors (Lipinski definition) is 2. The highest BCUT2D eigenvalue weighted by molar-refractivity contribution is 5.87. The normalized spacial score (nSPS) is 13.5. The average molecular weight is 280 g/mol. The van der Waals surface area contributed by atoms with Crippen LogP contribution in [0, 0.1) is 0 Å².